The number of urea groups is 1. The van der Waals surface area contributed by atoms with Gasteiger partial charge in [0.25, 0.3) is 0 Å². The van der Waals surface area contributed by atoms with Crippen molar-refractivity contribution in [3.05, 3.63) is 0 Å². The Bertz CT molecular complexity index is 342. The molecule has 108 valence electrons. The molecule has 1 unspecified atom stereocenters. The summed E-state index contributed by atoms with van der Waals surface area (Å²) in [4.78, 5) is 25.0. The van der Waals surface area contributed by atoms with Gasteiger partial charge in [-0.2, -0.15) is 0 Å². The summed E-state index contributed by atoms with van der Waals surface area (Å²) in [6.07, 6.45) is 6.10. The number of hydrogen-bond acceptors (Lipinski definition) is 2. The molecule has 2 fully saturated rings. The highest BCUT2D eigenvalue weighted by atomic mass is 16.4. The third kappa shape index (κ3) is 4.11. The van der Waals surface area contributed by atoms with Crippen LogP contribution in [-0.4, -0.2) is 41.1 Å². The van der Waals surface area contributed by atoms with Gasteiger partial charge in [0.15, 0.2) is 0 Å². The molecular formula is C14H24N2O3. The molecule has 1 saturated carbocycles. The topological polar surface area (TPSA) is 69.6 Å². The number of likely N-dealkylation sites (tertiary alicyclic amines) is 1. The Morgan fingerprint density at radius 1 is 1.32 bits per heavy atom. The standard InChI is InChI=1S/C14H24N2O3/c1-2-3-11-6-7-16(9-11)14(19)15-12(13(17)18)8-10-4-5-10/h10-12H,2-9H2,1H3,(H,15,19)(H,17,18)/t11?,12-/m0/s1. The summed E-state index contributed by atoms with van der Waals surface area (Å²) >= 11 is 0. The first-order valence-corrected chi connectivity index (χ1v) is 7.38. The molecule has 1 aliphatic carbocycles. The predicted octanol–water partition coefficient (Wildman–Crippen LogP) is 2.07. The highest BCUT2D eigenvalue weighted by molar-refractivity contribution is 5.82. The van der Waals surface area contributed by atoms with E-state index < -0.39 is 12.0 Å². The Morgan fingerprint density at radius 2 is 2.05 bits per heavy atom. The van der Waals surface area contributed by atoms with Crippen LogP contribution in [0.15, 0.2) is 0 Å². The summed E-state index contributed by atoms with van der Waals surface area (Å²) in [6, 6.07) is -0.920. The Hall–Kier alpha value is -1.26. The second-order valence-electron chi connectivity index (χ2n) is 5.91. The van der Waals surface area contributed by atoms with Crippen LogP contribution < -0.4 is 5.32 Å². The van der Waals surface area contributed by atoms with Gasteiger partial charge < -0.3 is 15.3 Å². The van der Waals surface area contributed by atoms with Crippen LogP contribution in [0.25, 0.3) is 0 Å². The first kappa shape index (κ1) is 14.2. The van der Waals surface area contributed by atoms with Crippen molar-refractivity contribution in [3.8, 4) is 0 Å². The molecule has 0 radical (unpaired) electrons. The number of nitrogens with zero attached hydrogens (tertiary/aromatic N) is 1. The lowest BCUT2D eigenvalue weighted by atomic mass is 10.0. The quantitative estimate of drug-likeness (QED) is 0.774. The number of aliphatic carboxylic acids is 1. The number of hydrogen-bond donors (Lipinski definition) is 2. The molecule has 5 nitrogen and oxygen atoms in total. The van der Waals surface area contributed by atoms with Gasteiger partial charge in [0.05, 0.1) is 0 Å². The van der Waals surface area contributed by atoms with E-state index in [1.807, 2.05) is 0 Å². The van der Waals surface area contributed by atoms with Gasteiger partial charge in [-0.3, -0.25) is 0 Å². The lowest BCUT2D eigenvalue weighted by Crippen LogP contribution is -2.47. The minimum absolute atomic E-state index is 0.202. The summed E-state index contributed by atoms with van der Waals surface area (Å²) in [5.41, 5.74) is 0. The van der Waals surface area contributed by atoms with Crippen LogP contribution in [0.3, 0.4) is 0 Å². The molecule has 0 aromatic rings. The van der Waals surface area contributed by atoms with E-state index in [1.54, 1.807) is 4.90 Å². The number of carboxylic acid groups (broad SMARTS) is 1. The maximum Gasteiger partial charge on any atom is 0.326 e. The van der Waals surface area contributed by atoms with Crippen molar-refractivity contribution < 1.29 is 14.7 Å². The van der Waals surface area contributed by atoms with Gasteiger partial charge >= 0.3 is 12.0 Å². The maximum absolute atomic E-state index is 12.1. The fraction of sp³-hybridized carbons (Fsp3) is 0.857. The number of nitrogens with one attached hydrogen (secondary N) is 1. The van der Waals surface area contributed by atoms with Crippen molar-refractivity contribution in [1.29, 1.82) is 0 Å². The molecule has 0 bridgehead atoms. The smallest absolute Gasteiger partial charge is 0.326 e. The molecule has 2 amide bonds. The summed E-state index contributed by atoms with van der Waals surface area (Å²) in [5.74, 6) is 0.167. The van der Waals surface area contributed by atoms with E-state index in [4.69, 9.17) is 5.11 Å². The average Bonchev–Trinajstić information content (AvgIpc) is 3.05. The molecule has 1 aliphatic heterocycles. The second-order valence-corrected chi connectivity index (χ2v) is 5.91. The number of rotatable bonds is 6. The summed E-state index contributed by atoms with van der Waals surface area (Å²) in [6.45, 7) is 3.68. The largest absolute Gasteiger partial charge is 0.480 e. The van der Waals surface area contributed by atoms with E-state index >= 15 is 0 Å². The first-order valence-electron chi connectivity index (χ1n) is 7.38. The van der Waals surface area contributed by atoms with Gasteiger partial charge in [0, 0.05) is 13.1 Å². The molecule has 0 aromatic carbocycles. The van der Waals surface area contributed by atoms with E-state index in [2.05, 4.69) is 12.2 Å². The molecule has 0 aromatic heterocycles. The van der Waals surface area contributed by atoms with Gasteiger partial charge in [0.1, 0.15) is 6.04 Å². The summed E-state index contributed by atoms with van der Waals surface area (Å²) in [5, 5.41) is 11.8. The van der Waals surface area contributed by atoms with Gasteiger partial charge in [-0.25, -0.2) is 9.59 Å². The Labute approximate surface area is 114 Å². The highest BCUT2D eigenvalue weighted by Crippen LogP contribution is 2.33. The number of carbonyl (C=O) groups excluding carboxylic acids is 1. The summed E-state index contributed by atoms with van der Waals surface area (Å²) < 4.78 is 0. The molecular weight excluding hydrogens is 244 g/mol. The Balaban J connectivity index is 1.80. The van der Waals surface area contributed by atoms with Gasteiger partial charge in [-0.15, -0.1) is 0 Å². The zero-order valence-electron chi connectivity index (χ0n) is 11.6. The first-order chi connectivity index (χ1) is 9.10. The van der Waals surface area contributed by atoms with E-state index in [9.17, 15) is 9.59 Å². The van der Waals surface area contributed by atoms with Gasteiger partial charge in [-0.1, -0.05) is 26.2 Å². The molecule has 2 N–H and O–H groups in total. The fourth-order valence-electron chi connectivity index (χ4n) is 2.81. The van der Waals surface area contributed by atoms with Crippen LogP contribution in [0.4, 0.5) is 4.79 Å². The predicted molar refractivity (Wildman–Crippen MR) is 71.9 cm³/mol. The number of carbonyl (C=O) groups is 2. The van der Waals surface area contributed by atoms with E-state index in [0.29, 0.717) is 18.3 Å². The zero-order valence-corrected chi connectivity index (χ0v) is 11.6. The van der Waals surface area contributed by atoms with Crippen molar-refractivity contribution in [2.45, 2.75) is 51.5 Å². The number of amides is 2. The monoisotopic (exact) mass is 268 g/mol. The van der Waals surface area contributed by atoms with Crippen molar-refractivity contribution in [2.24, 2.45) is 11.8 Å². The van der Waals surface area contributed by atoms with Crippen molar-refractivity contribution in [3.63, 3.8) is 0 Å². The van der Waals surface area contributed by atoms with Crippen molar-refractivity contribution >= 4 is 12.0 Å². The normalized spacial score (nSPS) is 24.3. The third-order valence-electron chi connectivity index (χ3n) is 4.13. The van der Waals surface area contributed by atoms with E-state index in [1.165, 1.54) is 0 Å². The minimum atomic E-state index is -0.912. The highest BCUT2D eigenvalue weighted by Gasteiger charge is 2.32. The van der Waals surface area contributed by atoms with Crippen LogP contribution in [-0.2, 0) is 4.79 Å². The Morgan fingerprint density at radius 3 is 2.63 bits per heavy atom. The maximum atomic E-state index is 12.1. The van der Waals surface area contributed by atoms with Crippen molar-refractivity contribution in [1.82, 2.24) is 10.2 Å². The molecule has 5 heteroatoms. The average molecular weight is 268 g/mol. The van der Waals surface area contributed by atoms with Crippen LogP contribution in [0.2, 0.25) is 0 Å². The lowest BCUT2D eigenvalue weighted by molar-refractivity contribution is -0.139. The zero-order chi connectivity index (χ0) is 13.8. The summed E-state index contributed by atoms with van der Waals surface area (Å²) in [7, 11) is 0. The van der Waals surface area contributed by atoms with Crippen LogP contribution in [0.1, 0.15) is 45.4 Å². The van der Waals surface area contributed by atoms with Gasteiger partial charge in [0.2, 0.25) is 0 Å². The SMILES string of the molecule is CCCC1CCN(C(=O)N[C@@H](CC2CC2)C(=O)O)C1. The van der Waals surface area contributed by atoms with Crippen LogP contribution in [0.5, 0.6) is 0 Å². The fourth-order valence-corrected chi connectivity index (χ4v) is 2.81. The molecule has 2 atom stereocenters. The lowest BCUT2D eigenvalue weighted by Gasteiger charge is -2.21. The molecule has 1 saturated heterocycles. The van der Waals surface area contributed by atoms with E-state index in [0.717, 1.165) is 45.2 Å². The van der Waals surface area contributed by atoms with Gasteiger partial charge in [-0.05, 0) is 31.1 Å². The van der Waals surface area contributed by atoms with Crippen LogP contribution >= 0.6 is 0 Å². The minimum Gasteiger partial charge on any atom is -0.480 e. The molecule has 0 spiro atoms. The van der Waals surface area contributed by atoms with Crippen molar-refractivity contribution in [2.75, 3.05) is 13.1 Å². The number of carboxylic acids is 1. The Kier molecular flexibility index (Phi) is 4.66. The molecule has 2 aliphatic rings. The third-order valence-corrected chi connectivity index (χ3v) is 4.13. The van der Waals surface area contributed by atoms with Crippen LogP contribution in [0, 0.1) is 11.8 Å². The molecule has 1 heterocycles. The molecule has 2 rings (SSSR count). The second kappa shape index (κ2) is 6.26. The molecule has 19 heavy (non-hydrogen) atoms. The van der Waals surface area contributed by atoms with E-state index in [-0.39, 0.29) is 6.03 Å².